The molecule has 0 aliphatic carbocycles. The first-order valence-electron chi connectivity index (χ1n) is 6.91. The van der Waals surface area contributed by atoms with Gasteiger partial charge in [0, 0.05) is 24.9 Å². The van der Waals surface area contributed by atoms with Gasteiger partial charge >= 0.3 is 6.03 Å². The molecule has 1 rings (SSSR count). The van der Waals surface area contributed by atoms with Crippen LogP contribution in [0, 0.1) is 0 Å². The van der Waals surface area contributed by atoms with E-state index in [0.717, 1.165) is 11.8 Å². The summed E-state index contributed by atoms with van der Waals surface area (Å²) in [5, 5.41) is 3.28. The molecule has 0 spiro atoms. The number of nitrogens with zero attached hydrogens (tertiary/aromatic N) is 1. The Morgan fingerprint density at radius 2 is 2.00 bits per heavy atom. The Hall–Kier alpha value is -1.27. The molecule has 0 aromatic heterocycles. The lowest BCUT2D eigenvalue weighted by atomic mass is 10.1. The third-order valence-corrected chi connectivity index (χ3v) is 6.29. The molecule has 1 aromatic carbocycles. The predicted molar refractivity (Wildman–Crippen MR) is 90.0 cm³/mol. The molecule has 22 heavy (non-hydrogen) atoms. The van der Waals surface area contributed by atoms with E-state index in [2.05, 4.69) is 5.32 Å². The summed E-state index contributed by atoms with van der Waals surface area (Å²) in [6.45, 7) is 5.11. The number of rotatable bonds is 5. The first-order chi connectivity index (χ1) is 9.95. The molecule has 0 heterocycles. The smallest absolute Gasteiger partial charge is 0.317 e. The standard InChI is InChI=1S/C15H23ClN2O3S/c1-11(12-7-6-8-13(16)9-12)18(4)14(19)17-10-15(2,3)22(5,20)21/h6-9,11H,10H2,1-5H3,(H,17,19)/t11-/m1/s1. The van der Waals surface area contributed by atoms with Crippen LogP contribution in [0.3, 0.4) is 0 Å². The number of benzene rings is 1. The van der Waals surface area contributed by atoms with Crippen LogP contribution in [0.1, 0.15) is 32.4 Å². The van der Waals surface area contributed by atoms with Gasteiger partial charge in [0.05, 0.1) is 10.8 Å². The maximum absolute atomic E-state index is 12.2. The zero-order valence-electron chi connectivity index (χ0n) is 13.6. The van der Waals surface area contributed by atoms with Gasteiger partial charge in [0.1, 0.15) is 0 Å². The molecule has 0 aliphatic rings. The molecule has 0 unspecified atom stereocenters. The first-order valence-corrected chi connectivity index (χ1v) is 9.18. The van der Waals surface area contributed by atoms with E-state index in [1.807, 2.05) is 19.1 Å². The monoisotopic (exact) mass is 346 g/mol. The van der Waals surface area contributed by atoms with Crippen LogP contribution in [-0.2, 0) is 9.84 Å². The summed E-state index contributed by atoms with van der Waals surface area (Å²) in [5.74, 6) is 0. The van der Waals surface area contributed by atoms with Crippen LogP contribution in [0.4, 0.5) is 4.79 Å². The van der Waals surface area contributed by atoms with Crippen LogP contribution in [0.25, 0.3) is 0 Å². The maximum atomic E-state index is 12.2. The van der Waals surface area contributed by atoms with Gasteiger partial charge in [-0.05, 0) is 38.5 Å². The van der Waals surface area contributed by atoms with Gasteiger partial charge in [0.25, 0.3) is 0 Å². The summed E-state index contributed by atoms with van der Waals surface area (Å²) in [5.41, 5.74) is 0.910. The van der Waals surface area contributed by atoms with Gasteiger partial charge < -0.3 is 10.2 Å². The molecule has 5 nitrogen and oxygen atoms in total. The number of halogens is 1. The number of hydrogen-bond donors (Lipinski definition) is 1. The number of nitrogens with one attached hydrogen (secondary N) is 1. The third-order valence-electron chi connectivity index (χ3n) is 3.90. The first kappa shape index (κ1) is 18.8. The van der Waals surface area contributed by atoms with Gasteiger partial charge in [0.15, 0.2) is 9.84 Å². The van der Waals surface area contributed by atoms with E-state index in [9.17, 15) is 13.2 Å². The highest BCUT2D eigenvalue weighted by atomic mass is 35.5. The Kier molecular flexibility index (Phi) is 5.87. The fourth-order valence-corrected chi connectivity index (χ4v) is 2.24. The highest BCUT2D eigenvalue weighted by molar-refractivity contribution is 7.92. The summed E-state index contributed by atoms with van der Waals surface area (Å²) < 4.78 is 22.3. The Bertz CT molecular complexity index is 644. The van der Waals surface area contributed by atoms with Crippen molar-refractivity contribution in [1.82, 2.24) is 10.2 Å². The summed E-state index contributed by atoms with van der Waals surface area (Å²) in [6, 6.07) is 6.78. The number of hydrogen-bond acceptors (Lipinski definition) is 3. The van der Waals surface area contributed by atoms with Gasteiger partial charge in [0.2, 0.25) is 0 Å². The minimum absolute atomic E-state index is 0.0528. The average Bonchev–Trinajstić information content (AvgIpc) is 2.42. The lowest BCUT2D eigenvalue weighted by Crippen LogP contribution is -2.47. The fraction of sp³-hybridized carbons (Fsp3) is 0.533. The second-order valence-electron chi connectivity index (χ2n) is 6.03. The Morgan fingerprint density at radius 3 is 2.50 bits per heavy atom. The Labute approximate surface area is 137 Å². The molecule has 2 amide bonds. The molecule has 0 aliphatic heterocycles. The van der Waals surface area contributed by atoms with Gasteiger partial charge in [-0.1, -0.05) is 23.7 Å². The van der Waals surface area contributed by atoms with E-state index in [-0.39, 0.29) is 18.6 Å². The van der Waals surface area contributed by atoms with Crippen LogP contribution >= 0.6 is 11.6 Å². The molecule has 1 aromatic rings. The summed E-state index contributed by atoms with van der Waals surface area (Å²) >= 11 is 5.96. The van der Waals surface area contributed by atoms with Crippen molar-refractivity contribution in [2.45, 2.75) is 31.6 Å². The van der Waals surface area contributed by atoms with Crippen molar-refractivity contribution in [2.75, 3.05) is 19.8 Å². The average molecular weight is 347 g/mol. The van der Waals surface area contributed by atoms with Gasteiger partial charge in [-0.25, -0.2) is 13.2 Å². The summed E-state index contributed by atoms with van der Waals surface area (Å²) in [4.78, 5) is 13.7. The van der Waals surface area contributed by atoms with Gasteiger partial charge in [-0.15, -0.1) is 0 Å². The molecule has 0 fully saturated rings. The molecule has 7 heteroatoms. The molecule has 124 valence electrons. The number of sulfone groups is 1. The quantitative estimate of drug-likeness (QED) is 0.891. The van der Waals surface area contributed by atoms with Crippen molar-refractivity contribution >= 4 is 27.5 Å². The van der Waals surface area contributed by atoms with E-state index < -0.39 is 14.6 Å². The zero-order valence-corrected chi connectivity index (χ0v) is 15.1. The van der Waals surface area contributed by atoms with E-state index in [1.54, 1.807) is 33.0 Å². The Morgan fingerprint density at radius 1 is 1.41 bits per heavy atom. The summed E-state index contributed by atoms with van der Waals surface area (Å²) in [6.07, 6.45) is 1.16. The highest BCUT2D eigenvalue weighted by Crippen LogP contribution is 2.22. The SMILES string of the molecule is C[C@H](c1cccc(Cl)c1)N(C)C(=O)NCC(C)(C)S(C)(=O)=O. The minimum Gasteiger partial charge on any atom is -0.336 e. The number of amides is 2. The third kappa shape index (κ3) is 4.61. The van der Waals surface area contributed by atoms with Crippen molar-refractivity contribution in [3.63, 3.8) is 0 Å². The number of urea groups is 1. The van der Waals surface area contributed by atoms with Crippen LogP contribution in [-0.4, -0.2) is 43.9 Å². The highest BCUT2D eigenvalue weighted by Gasteiger charge is 2.31. The van der Waals surface area contributed by atoms with Crippen molar-refractivity contribution in [3.8, 4) is 0 Å². The van der Waals surface area contributed by atoms with Crippen molar-refractivity contribution < 1.29 is 13.2 Å². The molecule has 0 radical (unpaired) electrons. The van der Waals surface area contributed by atoms with E-state index in [0.29, 0.717) is 5.02 Å². The molecule has 0 saturated carbocycles. The van der Waals surface area contributed by atoms with Crippen LogP contribution < -0.4 is 5.32 Å². The van der Waals surface area contributed by atoms with Crippen molar-refractivity contribution in [2.24, 2.45) is 0 Å². The van der Waals surface area contributed by atoms with Gasteiger partial charge in [-0.3, -0.25) is 0 Å². The lowest BCUT2D eigenvalue weighted by molar-refractivity contribution is 0.193. The summed E-state index contributed by atoms with van der Waals surface area (Å²) in [7, 11) is -1.59. The topological polar surface area (TPSA) is 66.5 Å². The second kappa shape index (κ2) is 6.87. The zero-order chi connectivity index (χ0) is 17.1. The van der Waals surface area contributed by atoms with Crippen LogP contribution in [0.2, 0.25) is 5.02 Å². The predicted octanol–water partition coefficient (Wildman–Crippen LogP) is 2.87. The van der Waals surface area contributed by atoms with E-state index in [1.165, 1.54) is 4.90 Å². The minimum atomic E-state index is -3.25. The van der Waals surface area contributed by atoms with E-state index >= 15 is 0 Å². The Balaban J connectivity index is 2.74. The molecule has 1 atom stereocenters. The lowest BCUT2D eigenvalue weighted by Gasteiger charge is -2.28. The van der Waals surface area contributed by atoms with Crippen molar-refractivity contribution in [1.29, 1.82) is 0 Å². The molecule has 1 N–H and O–H groups in total. The van der Waals surface area contributed by atoms with Crippen LogP contribution in [0.15, 0.2) is 24.3 Å². The second-order valence-corrected chi connectivity index (χ2v) is 9.12. The van der Waals surface area contributed by atoms with Gasteiger partial charge in [-0.2, -0.15) is 0 Å². The molecular weight excluding hydrogens is 324 g/mol. The fourth-order valence-electron chi connectivity index (χ4n) is 1.71. The van der Waals surface area contributed by atoms with Crippen molar-refractivity contribution in [3.05, 3.63) is 34.9 Å². The molecule has 0 bridgehead atoms. The largest absolute Gasteiger partial charge is 0.336 e. The normalized spacial score (nSPS) is 13.5. The van der Waals surface area contributed by atoms with Crippen LogP contribution in [0.5, 0.6) is 0 Å². The maximum Gasteiger partial charge on any atom is 0.317 e. The number of carbonyl (C=O) groups excluding carboxylic acids is 1. The van der Waals surface area contributed by atoms with E-state index in [4.69, 9.17) is 11.6 Å². The molecular formula is C15H23ClN2O3S. The molecule has 0 saturated heterocycles. The number of carbonyl (C=O) groups is 1.